The molecule has 0 N–H and O–H groups in total. The predicted octanol–water partition coefficient (Wildman–Crippen LogP) is 5.73. The van der Waals surface area contributed by atoms with Crippen molar-refractivity contribution in [3.05, 3.63) is 68.1 Å². The van der Waals surface area contributed by atoms with E-state index in [0.29, 0.717) is 29.0 Å². The van der Waals surface area contributed by atoms with E-state index < -0.39 is 0 Å². The highest BCUT2D eigenvalue weighted by molar-refractivity contribution is 5.58. The molecule has 0 amide bonds. The van der Waals surface area contributed by atoms with Gasteiger partial charge in [0.25, 0.3) is 5.56 Å². The van der Waals surface area contributed by atoms with E-state index in [0.717, 1.165) is 56.7 Å². The molecule has 0 spiro atoms. The van der Waals surface area contributed by atoms with Crippen LogP contribution < -0.4 is 10.8 Å². The van der Waals surface area contributed by atoms with E-state index in [1.54, 1.807) is 4.40 Å². The lowest BCUT2D eigenvalue weighted by Gasteiger charge is -2.37. The lowest BCUT2D eigenvalue weighted by atomic mass is 9.73. The summed E-state index contributed by atoms with van der Waals surface area (Å²) in [4.78, 5) is 16.1. The average molecular weight is 512 g/mol. The van der Waals surface area contributed by atoms with Crippen LogP contribution in [0, 0.1) is 29.6 Å². The van der Waals surface area contributed by atoms with E-state index in [2.05, 4.69) is 79.2 Å². The van der Waals surface area contributed by atoms with Crippen LogP contribution in [0.1, 0.15) is 102 Å². The maximum atomic E-state index is 13.6. The van der Waals surface area contributed by atoms with Gasteiger partial charge in [0.2, 0.25) is 0 Å². The van der Waals surface area contributed by atoms with Crippen molar-refractivity contribution in [3.63, 3.8) is 0 Å². The molecule has 2 aromatic heterocycles. The molecule has 0 radical (unpaired) electrons. The molecule has 2 fully saturated rings. The number of allylic oxidation sites excluding steroid dienone is 4. The number of pyridine rings is 1. The Morgan fingerprint density at radius 2 is 1.92 bits per heavy atom. The summed E-state index contributed by atoms with van der Waals surface area (Å²) in [5.41, 5.74) is 4.00. The molecule has 5 rings (SSSR count). The van der Waals surface area contributed by atoms with Gasteiger partial charge in [-0.15, -0.1) is 10.2 Å². The molecule has 0 aromatic carbocycles. The van der Waals surface area contributed by atoms with Crippen LogP contribution in [0.5, 0.6) is 0 Å². The summed E-state index contributed by atoms with van der Waals surface area (Å²) in [5.74, 6) is 1.33. The summed E-state index contributed by atoms with van der Waals surface area (Å²) in [5, 5.41) is 20.0. The highest BCUT2D eigenvalue weighted by Crippen LogP contribution is 2.53. The van der Waals surface area contributed by atoms with Gasteiger partial charge < -0.3 is 4.90 Å². The molecule has 2 aliphatic heterocycles. The number of fused-ring (bicyclic) bond motifs is 1. The van der Waals surface area contributed by atoms with E-state index in [4.69, 9.17) is 0 Å². The summed E-state index contributed by atoms with van der Waals surface area (Å²) in [7, 11) is 0. The fraction of sp³-hybridized carbons (Fsp3) is 0.562. The van der Waals surface area contributed by atoms with Crippen LogP contribution in [-0.4, -0.2) is 32.1 Å². The second-order valence-corrected chi connectivity index (χ2v) is 11.9. The Labute approximate surface area is 226 Å². The largest absolute Gasteiger partial charge is 0.367 e. The third-order valence-electron chi connectivity index (χ3n) is 9.17. The Balaban J connectivity index is 1.68. The Morgan fingerprint density at radius 1 is 1.18 bits per heavy atom. The zero-order valence-corrected chi connectivity index (χ0v) is 23.6. The molecule has 3 aliphatic rings. The van der Waals surface area contributed by atoms with Gasteiger partial charge in [-0.2, -0.15) is 5.26 Å². The minimum absolute atomic E-state index is 0.0214. The fourth-order valence-corrected chi connectivity index (χ4v) is 7.02. The van der Waals surface area contributed by atoms with Crippen LogP contribution >= 0.6 is 0 Å². The van der Waals surface area contributed by atoms with E-state index >= 15 is 0 Å². The maximum absolute atomic E-state index is 13.6. The molecule has 6 heteroatoms. The lowest BCUT2D eigenvalue weighted by molar-refractivity contribution is 0.258. The van der Waals surface area contributed by atoms with E-state index in [-0.39, 0.29) is 22.5 Å². The van der Waals surface area contributed by atoms with Crippen molar-refractivity contribution >= 4 is 11.7 Å². The molecule has 2 atom stereocenters. The Bertz CT molecular complexity index is 1460. The first-order valence-corrected chi connectivity index (χ1v) is 14.5. The quantitative estimate of drug-likeness (QED) is 0.452. The van der Waals surface area contributed by atoms with Gasteiger partial charge in [0.1, 0.15) is 17.5 Å². The molecule has 2 aromatic rings. The van der Waals surface area contributed by atoms with Crippen LogP contribution in [0.2, 0.25) is 0 Å². The number of nitrogens with zero attached hydrogens (tertiary/aromatic N) is 5. The van der Waals surface area contributed by atoms with Crippen LogP contribution in [0.15, 0.2) is 40.4 Å². The van der Waals surface area contributed by atoms with Crippen molar-refractivity contribution in [2.24, 2.45) is 11.3 Å². The number of hydrogen-bond acceptors (Lipinski definition) is 5. The lowest BCUT2D eigenvalue weighted by Crippen LogP contribution is -2.38. The molecule has 2 unspecified atom stereocenters. The minimum Gasteiger partial charge on any atom is -0.367 e. The Hall–Kier alpha value is -3.20. The topological polar surface area (TPSA) is 74.3 Å². The number of unbranched alkanes of at least 4 members (excludes halogenated alkanes) is 2. The summed E-state index contributed by atoms with van der Waals surface area (Å²) in [6.07, 6.45) is 19.9. The first-order chi connectivity index (χ1) is 18.3. The maximum Gasteiger partial charge on any atom is 0.276 e. The van der Waals surface area contributed by atoms with Gasteiger partial charge in [0.15, 0.2) is 5.65 Å². The van der Waals surface area contributed by atoms with Gasteiger partial charge in [0, 0.05) is 34.7 Å². The molecular weight excluding hydrogens is 470 g/mol. The second-order valence-electron chi connectivity index (χ2n) is 11.9. The number of nitriles is 1. The smallest absolute Gasteiger partial charge is 0.276 e. The highest BCUT2D eigenvalue weighted by atomic mass is 16.1. The fourth-order valence-electron chi connectivity index (χ4n) is 7.02. The molecule has 0 bridgehead atoms. The van der Waals surface area contributed by atoms with Crippen molar-refractivity contribution in [2.75, 3.05) is 6.54 Å². The molecule has 2 saturated heterocycles. The van der Waals surface area contributed by atoms with Crippen LogP contribution in [0.25, 0.3) is 11.7 Å². The highest BCUT2D eigenvalue weighted by Gasteiger charge is 2.51. The minimum atomic E-state index is -0.286. The molecule has 1 aliphatic carbocycles. The normalized spacial score (nSPS) is 23.4. The first-order valence-electron chi connectivity index (χ1n) is 14.5. The summed E-state index contributed by atoms with van der Waals surface area (Å²) in [6.45, 7) is 12.0. The molecule has 4 heterocycles. The second kappa shape index (κ2) is 10.5. The van der Waals surface area contributed by atoms with Gasteiger partial charge >= 0.3 is 0 Å². The van der Waals surface area contributed by atoms with E-state index in [9.17, 15) is 10.1 Å². The number of rotatable bonds is 8. The van der Waals surface area contributed by atoms with Crippen molar-refractivity contribution in [2.45, 2.75) is 97.9 Å². The van der Waals surface area contributed by atoms with E-state index in [1.807, 2.05) is 6.92 Å². The number of hydrogen-bond donors (Lipinski definition) is 0. The molecular formula is C32H41N5O. The molecule has 0 saturated carbocycles. The van der Waals surface area contributed by atoms with Gasteiger partial charge in [0.05, 0.1) is 6.04 Å². The molecule has 6 nitrogen and oxygen atoms in total. The predicted molar refractivity (Wildman–Crippen MR) is 152 cm³/mol. The average Bonchev–Trinajstić information content (AvgIpc) is 3.44. The zero-order valence-electron chi connectivity index (χ0n) is 23.6. The molecule has 38 heavy (non-hydrogen) atoms. The Kier molecular flexibility index (Phi) is 7.31. The standard InChI is InChI=1S/C32H41N5O/c1-6-8-12-23(13-9-7-2)29-34-35-30-24(21(3)25(20-33)31(38)37(29)30)17-18-27-32(4,5)26-16-10-14-22-15-11-19-36(27)28(22)26/h10,14,16-18,23,26,28H,6-9,11-13,15,19H2,1-5H3/b24-17+,27-18-. The first kappa shape index (κ1) is 26.4. The molecule has 200 valence electrons. The zero-order chi connectivity index (χ0) is 27.0. The SMILES string of the molecule is CCCCC(CCCC)c1nnc2/c(=C/C=C3\N4CCCC5=CC=CC(C54)C3(C)C)c(C)c(C#N)c(=O)n12. The van der Waals surface area contributed by atoms with Crippen LogP contribution in [0.4, 0.5) is 0 Å². The third kappa shape index (κ3) is 4.21. The monoisotopic (exact) mass is 511 g/mol. The third-order valence-corrected chi connectivity index (χ3v) is 9.17. The number of piperidine rings is 1. The summed E-state index contributed by atoms with van der Waals surface area (Å²) < 4.78 is 1.65. The number of aromatic nitrogens is 3. The van der Waals surface area contributed by atoms with Gasteiger partial charge in [-0.1, -0.05) is 71.6 Å². The Morgan fingerprint density at radius 3 is 2.61 bits per heavy atom. The van der Waals surface area contributed by atoms with Gasteiger partial charge in [-0.3, -0.25) is 4.79 Å². The van der Waals surface area contributed by atoms with Crippen LogP contribution in [0.3, 0.4) is 0 Å². The van der Waals surface area contributed by atoms with Gasteiger partial charge in [-0.25, -0.2) is 4.40 Å². The van der Waals surface area contributed by atoms with Crippen molar-refractivity contribution in [1.29, 1.82) is 5.26 Å². The summed E-state index contributed by atoms with van der Waals surface area (Å²) in [6, 6.07) is 2.63. The van der Waals surface area contributed by atoms with E-state index in [1.165, 1.54) is 17.7 Å². The summed E-state index contributed by atoms with van der Waals surface area (Å²) >= 11 is 0. The van der Waals surface area contributed by atoms with Gasteiger partial charge in [-0.05, 0) is 55.9 Å². The van der Waals surface area contributed by atoms with Crippen LogP contribution in [-0.2, 0) is 0 Å². The van der Waals surface area contributed by atoms with Crippen molar-refractivity contribution < 1.29 is 0 Å². The van der Waals surface area contributed by atoms with Crippen molar-refractivity contribution in [1.82, 2.24) is 19.5 Å². The van der Waals surface area contributed by atoms with Crippen molar-refractivity contribution in [3.8, 4) is 6.07 Å².